The van der Waals surface area contributed by atoms with Gasteiger partial charge in [0.25, 0.3) is 0 Å². The van der Waals surface area contributed by atoms with Gasteiger partial charge in [-0.2, -0.15) is 0 Å². The van der Waals surface area contributed by atoms with Crippen molar-refractivity contribution in [1.82, 2.24) is 4.98 Å². The molecule has 0 spiro atoms. The summed E-state index contributed by atoms with van der Waals surface area (Å²) in [6, 6.07) is 2.67. The van der Waals surface area contributed by atoms with Crippen LogP contribution in [0.15, 0.2) is 18.3 Å². The van der Waals surface area contributed by atoms with E-state index in [1.807, 2.05) is 6.92 Å². The molecule has 16 heavy (non-hydrogen) atoms. The van der Waals surface area contributed by atoms with Crippen LogP contribution < -0.4 is 11.1 Å². The molecule has 0 fully saturated rings. The van der Waals surface area contributed by atoms with Crippen LogP contribution in [0.3, 0.4) is 0 Å². The summed E-state index contributed by atoms with van der Waals surface area (Å²) in [4.78, 5) is 15.4. The molecule has 1 aromatic heterocycles. The Bertz CT molecular complexity index is 340. The fraction of sp³-hybridized carbons (Fsp3) is 0.455. The van der Waals surface area contributed by atoms with Crippen molar-refractivity contribution in [3.63, 3.8) is 0 Å². The van der Waals surface area contributed by atoms with Crippen molar-refractivity contribution in [2.45, 2.75) is 19.8 Å². The molecule has 0 aliphatic rings. The van der Waals surface area contributed by atoms with E-state index >= 15 is 0 Å². The Morgan fingerprint density at radius 1 is 1.62 bits per heavy atom. The Labute approximate surface area is 94.1 Å². The first kappa shape index (κ1) is 12.6. The SMILES string of the molecule is CCCC(CN)C(=O)Nc1ccc(F)cn1. The van der Waals surface area contributed by atoms with E-state index < -0.39 is 5.82 Å². The lowest BCUT2D eigenvalue weighted by Crippen LogP contribution is -2.29. The van der Waals surface area contributed by atoms with Crippen molar-refractivity contribution in [2.75, 3.05) is 11.9 Å². The van der Waals surface area contributed by atoms with Crippen molar-refractivity contribution in [3.8, 4) is 0 Å². The van der Waals surface area contributed by atoms with Crippen molar-refractivity contribution < 1.29 is 9.18 Å². The van der Waals surface area contributed by atoms with Crippen LogP contribution in [0.2, 0.25) is 0 Å². The van der Waals surface area contributed by atoms with Crippen LogP contribution >= 0.6 is 0 Å². The van der Waals surface area contributed by atoms with Gasteiger partial charge in [0.15, 0.2) is 0 Å². The van der Waals surface area contributed by atoms with Crippen molar-refractivity contribution in [1.29, 1.82) is 0 Å². The Kier molecular flexibility index (Phi) is 4.85. The summed E-state index contributed by atoms with van der Waals surface area (Å²) in [7, 11) is 0. The molecule has 4 nitrogen and oxygen atoms in total. The number of anilines is 1. The molecule has 0 bridgehead atoms. The number of aromatic nitrogens is 1. The standard InChI is InChI=1S/C11H16FN3O/c1-2-3-8(6-13)11(16)15-10-5-4-9(12)7-14-10/h4-5,7-8H,2-3,6,13H2,1H3,(H,14,15,16). The molecule has 0 saturated carbocycles. The summed E-state index contributed by atoms with van der Waals surface area (Å²) in [5, 5.41) is 2.61. The number of amides is 1. The lowest BCUT2D eigenvalue weighted by Gasteiger charge is -2.13. The highest BCUT2D eigenvalue weighted by Crippen LogP contribution is 2.09. The molecule has 0 radical (unpaired) electrons. The number of rotatable bonds is 5. The minimum Gasteiger partial charge on any atom is -0.330 e. The van der Waals surface area contributed by atoms with Gasteiger partial charge in [0.05, 0.1) is 12.1 Å². The summed E-state index contributed by atoms with van der Waals surface area (Å²) in [5.41, 5.74) is 5.50. The Morgan fingerprint density at radius 3 is 2.88 bits per heavy atom. The normalized spacial score (nSPS) is 12.2. The third kappa shape index (κ3) is 3.58. The number of nitrogens with two attached hydrogens (primary N) is 1. The molecule has 3 N–H and O–H groups in total. The molecule has 0 aromatic carbocycles. The number of hydrogen-bond acceptors (Lipinski definition) is 3. The van der Waals surface area contributed by atoms with E-state index in [4.69, 9.17) is 5.73 Å². The van der Waals surface area contributed by atoms with E-state index in [2.05, 4.69) is 10.3 Å². The van der Waals surface area contributed by atoms with Crippen LogP contribution in [0.4, 0.5) is 10.2 Å². The Morgan fingerprint density at radius 2 is 2.38 bits per heavy atom. The molecule has 0 aliphatic carbocycles. The van der Waals surface area contributed by atoms with Gasteiger partial charge in [-0.1, -0.05) is 13.3 Å². The van der Waals surface area contributed by atoms with Gasteiger partial charge in [0.2, 0.25) is 5.91 Å². The van der Waals surface area contributed by atoms with Crippen LogP contribution in [0.5, 0.6) is 0 Å². The molecule has 1 unspecified atom stereocenters. The van der Waals surface area contributed by atoms with E-state index in [0.717, 1.165) is 19.0 Å². The summed E-state index contributed by atoms with van der Waals surface area (Å²) in [5.74, 6) is -0.455. The number of nitrogens with zero attached hydrogens (tertiary/aromatic N) is 1. The smallest absolute Gasteiger partial charge is 0.229 e. The highest BCUT2D eigenvalue weighted by atomic mass is 19.1. The van der Waals surface area contributed by atoms with Crippen LogP contribution in [-0.4, -0.2) is 17.4 Å². The van der Waals surface area contributed by atoms with Gasteiger partial charge in [0.1, 0.15) is 11.6 Å². The number of carbonyl (C=O) groups excluding carboxylic acids is 1. The highest BCUT2D eigenvalue weighted by molar-refractivity contribution is 5.91. The predicted molar refractivity (Wildman–Crippen MR) is 60.3 cm³/mol. The van der Waals surface area contributed by atoms with Gasteiger partial charge in [-0.05, 0) is 18.6 Å². The third-order valence-corrected chi connectivity index (χ3v) is 2.27. The topological polar surface area (TPSA) is 68.0 Å². The highest BCUT2D eigenvalue weighted by Gasteiger charge is 2.15. The van der Waals surface area contributed by atoms with Gasteiger partial charge < -0.3 is 11.1 Å². The van der Waals surface area contributed by atoms with Crippen LogP contribution in [0, 0.1) is 11.7 Å². The minimum atomic E-state index is -0.429. The quantitative estimate of drug-likeness (QED) is 0.798. The number of pyridine rings is 1. The summed E-state index contributed by atoms with van der Waals surface area (Å²) >= 11 is 0. The van der Waals surface area contributed by atoms with Gasteiger partial charge in [0, 0.05) is 6.54 Å². The van der Waals surface area contributed by atoms with Gasteiger partial charge in [-0.15, -0.1) is 0 Å². The van der Waals surface area contributed by atoms with Crippen molar-refractivity contribution in [2.24, 2.45) is 11.7 Å². The molecule has 1 amide bonds. The lowest BCUT2D eigenvalue weighted by atomic mass is 10.0. The van der Waals surface area contributed by atoms with E-state index in [9.17, 15) is 9.18 Å². The predicted octanol–water partition coefficient (Wildman–Crippen LogP) is 1.53. The maximum absolute atomic E-state index is 12.6. The monoisotopic (exact) mass is 225 g/mol. The van der Waals surface area contributed by atoms with E-state index in [-0.39, 0.29) is 11.8 Å². The van der Waals surface area contributed by atoms with Crippen LogP contribution in [0.25, 0.3) is 0 Å². The molecule has 0 saturated heterocycles. The summed E-state index contributed by atoms with van der Waals surface area (Å²) in [6.07, 6.45) is 2.70. The lowest BCUT2D eigenvalue weighted by molar-refractivity contribution is -0.119. The first-order valence-corrected chi connectivity index (χ1v) is 5.29. The first-order valence-electron chi connectivity index (χ1n) is 5.29. The number of nitrogens with one attached hydrogen (secondary N) is 1. The molecule has 1 aromatic rings. The second-order valence-electron chi connectivity index (χ2n) is 3.57. The molecular weight excluding hydrogens is 209 g/mol. The van der Waals surface area contributed by atoms with Gasteiger partial charge in [-0.3, -0.25) is 4.79 Å². The maximum atomic E-state index is 12.6. The fourth-order valence-corrected chi connectivity index (χ4v) is 1.38. The largest absolute Gasteiger partial charge is 0.330 e. The second kappa shape index (κ2) is 6.17. The zero-order chi connectivity index (χ0) is 12.0. The summed E-state index contributed by atoms with van der Waals surface area (Å²) in [6.45, 7) is 2.30. The fourth-order valence-electron chi connectivity index (χ4n) is 1.38. The number of carbonyl (C=O) groups is 1. The molecule has 0 aliphatic heterocycles. The average Bonchev–Trinajstić information content (AvgIpc) is 2.29. The van der Waals surface area contributed by atoms with Gasteiger partial charge >= 0.3 is 0 Å². The average molecular weight is 225 g/mol. The molecule has 1 atom stereocenters. The number of halogens is 1. The second-order valence-corrected chi connectivity index (χ2v) is 3.57. The molecular formula is C11H16FN3O. The molecule has 5 heteroatoms. The number of hydrogen-bond donors (Lipinski definition) is 2. The maximum Gasteiger partial charge on any atom is 0.229 e. The zero-order valence-corrected chi connectivity index (χ0v) is 9.24. The van der Waals surface area contributed by atoms with Gasteiger partial charge in [-0.25, -0.2) is 9.37 Å². The zero-order valence-electron chi connectivity index (χ0n) is 9.24. The Balaban J connectivity index is 2.59. The third-order valence-electron chi connectivity index (χ3n) is 2.27. The summed E-state index contributed by atoms with van der Waals surface area (Å²) < 4.78 is 12.6. The van der Waals surface area contributed by atoms with E-state index in [1.165, 1.54) is 12.1 Å². The first-order chi connectivity index (χ1) is 7.67. The molecule has 1 heterocycles. The van der Waals surface area contributed by atoms with Crippen molar-refractivity contribution in [3.05, 3.63) is 24.1 Å². The minimum absolute atomic E-state index is 0.163. The Hall–Kier alpha value is -1.49. The van der Waals surface area contributed by atoms with Crippen LogP contribution in [-0.2, 0) is 4.79 Å². The molecule has 88 valence electrons. The van der Waals surface area contributed by atoms with E-state index in [1.54, 1.807) is 0 Å². The molecule has 1 rings (SSSR count). The van der Waals surface area contributed by atoms with E-state index in [0.29, 0.717) is 12.4 Å². The van der Waals surface area contributed by atoms with Crippen LogP contribution in [0.1, 0.15) is 19.8 Å². The van der Waals surface area contributed by atoms with Crippen molar-refractivity contribution >= 4 is 11.7 Å².